The molecule has 0 spiro atoms. The zero-order valence-corrected chi connectivity index (χ0v) is 11.8. The van der Waals surface area contributed by atoms with Crippen molar-refractivity contribution in [1.82, 2.24) is 10.2 Å². The molecule has 1 fully saturated rings. The van der Waals surface area contributed by atoms with Crippen LogP contribution < -0.4 is 5.32 Å². The standard InChI is InChI=1S/C15H20F2N2O/c1-10(12-5-6-13(16)14(17)7-12)19(2)15(20)9-18-8-11-3-4-11/h5-7,10-11,18H,3-4,8-9H2,1-2H3. The third kappa shape index (κ3) is 3.76. The minimum Gasteiger partial charge on any atom is -0.338 e. The second-order valence-electron chi connectivity index (χ2n) is 5.43. The fourth-order valence-corrected chi connectivity index (χ4v) is 2.04. The lowest BCUT2D eigenvalue weighted by Crippen LogP contribution is -2.37. The third-order valence-corrected chi connectivity index (χ3v) is 3.81. The smallest absolute Gasteiger partial charge is 0.236 e. The Hall–Kier alpha value is -1.49. The summed E-state index contributed by atoms with van der Waals surface area (Å²) in [7, 11) is 1.67. The molecule has 1 unspecified atom stereocenters. The molecule has 1 atom stereocenters. The molecular formula is C15H20F2N2O. The zero-order chi connectivity index (χ0) is 14.7. The predicted octanol–water partition coefficient (Wildman–Crippen LogP) is 2.48. The van der Waals surface area contributed by atoms with Crippen LogP contribution in [0.25, 0.3) is 0 Å². The van der Waals surface area contributed by atoms with Crippen LogP contribution in [0.3, 0.4) is 0 Å². The molecule has 0 radical (unpaired) electrons. The summed E-state index contributed by atoms with van der Waals surface area (Å²) < 4.78 is 26.1. The zero-order valence-electron chi connectivity index (χ0n) is 11.8. The second kappa shape index (κ2) is 6.31. The number of nitrogens with zero attached hydrogens (tertiary/aromatic N) is 1. The largest absolute Gasteiger partial charge is 0.338 e. The molecule has 0 bridgehead atoms. The lowest BCUT2D eigenvalue weighted by atomic mass is 10.1. The summed E-state index contributed by atoms with van der Waals surface area (Å²) in [6.45, 7) is 2.95. The van der Waals surface area contributed by atoms with E-state index in [1.165, 1.54) is 18.9 Å². The molecule has 1 aliphatic rings. The third-order valence-electron chi connectivity index (χ3n) is 3.81. The summed E-state index contributed by atoms with van der Waals surface area (Å²) in [6, 6.07) is 3.44. The monoisotopic (exact) mass is 282 g/mol. The highest BCUT2D eigenvalue weighted by atomic mass is 19.2. The Kier molecular flexibility index (Phi) is 4.70. The molecule has 1 amide bonds. The highest BCUT2D eigenvalue weighted by molar-refractivity contribution is 5.78. The quantitative estimate of drug-likeness (QED) is 0.869. The number of hydrogen-bond donors (Lipinski definition) is 1. The van der Waals surface area contributed by atoms with Crippen LogP contribution in [0.15, 0.2) is 18.2 Å². The number of rotatable bonds is 6. The van der Waals surface area contributed by atoms with Crippen LogP contribution in [-0.2, 0) is 4.79 Å². The first-order chi connectivity index (χ1) is 9.49. The molecule has 5 heteroatoms. The van der Waals surface area contributed by atoms with E-state index in [-0.39, 0.29) is 18.5 Å². The van der Waals surface area contributed by atoms with Crippen LogP contribution >= 0.6 is 0 Å². The first kappa shape index (κ1) is 14.9. The van der Waals surface area contributed by atoms with Gasteiger partial charge < -0.3 is 10.2 Å². The van der Waals surface area contributed by atoms with Crippen LogP contribution in [0.4, 0.5) is 8.78 Å². The van der Waals surface area contributed by atoms with Crippen molar-refractivity contribution in [3.05, 3.63) is 35.4 Å². The van der Waals surface area contributed by atoms with E-state index >= 15 is 0 Å². The average Bonchev–Trinajstić information content (AvgIpc) is 3.24. The van der Waals surface area contributed by atoms with Gasteiger partial charge in [0.1, 0.15) is 0 Å². The van der Waals surface area contributed by atoms with Crippen LogP contribution in [0.2, 0.25) is 0 Å². The number of nitrogens with one attached hydrogen (secondary N) is 1. The minimum atomic E-state index is -0.887. The van der Waals surface area contributed by atoms with Gasteiger partial charge in [0.2, 0.25) is 5.91 Å². The Bertz CT molecular complexity index is 489. The number of benzene rings is 1. The molecule has 0 aliphatic heterocycles. The van der Waals surface area contributed by atoms with Crippen molar-refractivity contribution in [3.63, 3.8) is 0 Å². The van der Waals surface area contributed by atoms with Gasteiger partial charge in [-0.15, -0.1) is 0 Å². The molecular weight excluding hydrogens is 262 g/mol. The van der Waals surface area contributed by atoms with E-state index in [2.05, 4.69) is 5.32 Å². The van der Waals surface area contributed by atoms with E-state index in [1.54, 1.807) is 18.9 Å². The topological polar surface area (TPSA) is 32.3 Å². The Morgan fingerprint density at radius 2 is 2.10 bits per heavy atom. The van der Waals surface area contributed by atoms with Gasteiger partial charge in [0.25, 0.3) is 0 Å². The number of halogens is 2. The number of carbonyl (C=O) groups is 1. The van der Waals surface area contributed by atoms with Gasteiger partial charge in [-0.25, -0.2) is 8.78 Å². The van der Waals surface area contributed by atoms with Crippen LogP contribution in [0, 0.1) is 17.6 Å². The van der Waals surface area contributed by atoms with Gasteiger partial charge in [0.05, 0.1) is 12.6 Å². The van der Waals surface area contributed by atoms with E-state index in [9.17, 15) is 13.6 Å². The molecule has 0 heterocycles. The highest BCUT2D eigenvalue weighted by Gasteiger charge is 2.22. The van der Waals surface area contributed by atoms with E-state index in [4.69, 9.17) is 0 Å². The number of hydrogen-bond acceptors (Lipinski definition) is 2. The summed E-state index contributed by atoms with van der Waals surface area (Å²) in [4.78, 5) is 13.6. The van der Waals surface area contributed by atoms with Gasteiger partial charge in [-0.3, -0.25) is 4.79 Å². The Morgan fingerprint density at radius 1 is 1.40 bits per heavy atom. The Morgan fingerprint density at radius 3 is 2.70 bits per heavy atom. The molecule has 1 aliphatic carbocycles. The highest BCUT2D eigenvalue weighted by Crippen LogP contribution is 2.27. The van der Waals surface area contributed by atoms with Crippen molar-refractivity contribution in [2.24, 2.45) is 5.92 Å². The minimum absolute atomic E-state index is 0.0529. The maximum atomic E-state index is 13.2. The Balaban J connectivity index is 1.90. The average molecular weight is 282 g/mol. The fraction of sp³-hybridized carbons (Fsp3) is 0.533. The summed E-state index contributed by atoms with van der Waals surface area (Å²) in [5, 5.41) is 3.13. The van der Waals surface area contributed by atoms with Gasteiger partial charge in [-0.1, -0.05) is 6.07 Å². The summed E-state index contributed by atoms with van der Waals surface area (Å²) in [5.74, 6) is -1.09. The summed E-state index contributed by atoms with van der Waals surface area (Å²) in [5.41, 5.74) is 0.585. The lowest BCUT2D eigenvalue weighted by Gasteiger charge is -2.25. The van der Waals surface area contributed by atoms with Crippen molar-refractivity contribution in [3.8, 4) is 0 Å². The normalized spacial score (nSPS) is 16.0. The predicted molar refractivity (Wildman–Crippen MR) is 73.1 cm³/mol. The molecule has 0 saturated heterocycles. The molecule has 0 aromatic heterocycles. The van der Waals surface area contributed by atoms with Crippen molar-refractivity contribution in [2.45, 2.75) is 25.8 Å². The maximum Gasteiger partial charge on any atom is 0.236 e. The van der Waals surface area contributed by atoms with Gasteiger partial charge in [-0.05, 0) is 49.9 Å². The van der Waals surface area contributed by atoms with Crippen molar-refractivity contribution < 1.29 is 13.6 Å². The van der Waals surface area contributed by atoms with E-state index < -0.39 is 11.6 Å². The van der Waals surface area contributed by atoms with E-state index in [1.807, 2.05) is 0 Å². The fourth-order valence-electron chi connectivity index (χ4n) is 2.04. The lowest BCUT2D eigenvalue weighted by molar-refractivity contribution is -0.130. The SMILES string of the molecule is CC(c1ccc(F)c(F)c1)N(C)C(=O)CNCC1CC1. The Labute approximate surface area is 118 Å². The second-order valence-corrected chi connectivity index (χ2v) is 5.43. The molecule has 1 N–H and O–H groups in total. The van der Waals surface area contributed by atoms with Gasteiger partial charge >= 0.3 is 0 Å². The summed E-state index contributed by atoms with van der Waals surface area (Å²) >= 11 is 0. The van der Waals surface area contributed by atoms with Crippen molar-refractivity contribution >= 4 is 5.91 Å². The molecule has 20 heavy (non-hydrogen) atoms. The first-order valence-corrected chi connectivity index (χ1v) is 6.90. The number of carbonyl (C=O) groups excluding carboxylic acids is 1. The van der Waals surface area contributed by atoms with Crippen molar-refractivity contribution in [1.29, 1.82) is 0 Å². The van der Waals surface area contributed by atoms with Gasteiger partial charge in [0, 0.05) is 7.05 Å². The van der Waals surface area contributed by atoms with Crippen LogP contribution in [-0.4, -0.2) is 30.9 Å². The molecule has 1 aromatic rings. The number of amides is 1. The van der Waals surface area contributed by atoms with E-state index in [0.717, 1.165) is 24.6 Å². The van der Waals surface area contributed by atoms with Crippen LogP contribution in [0.1, 0.15) is 31.4 Å². The molecule has 1 saturated carbocycles. The molecule has 110 valence electrons. The molecule has 1 aromatic carbocycles. The van der Waals surface area contributed by atoms with Gasteiger partial charge in [0.15, 0.2) is 11.6 Å². The van der Waals surface area contributed by atoms with E-state index in [0.29, 0.717) is 5.56 Å². The maximum absolute atomic E-state index is 13.2. The van der Waals surface area contributed by atoms with Gasteiger partial charge in [-0.2, -0.15) is 0 Å². The summed E-state index contributed by atoms with van der Waals surface area (Å²) in [6.07, 6.45) is 2.48. The number of likely N-dealkylation sites (N-methyl/N-ethyl adjacent to an activating group) is 1. The molecule has 2 rings (SSSR count). The molecule has 3 nitrogen and oxygen atoms in total. The van der Waals surface area contributed by atoms with Crippen molar-refractivity contribution in [2.75, 3.05) is 20.1 Å². The first-order valence-electron chi connectivity index (χ1n) is 6.90. The van der Waals surface area contributed by atoms with Crippen LogP contribution in [0.5, 0.6) is 0 Å².